The molecule has 0 aliphatic rings. The van der Waals surface area contributed by atoms with Gasteiger partial charge in [0.25, 0.3) is 0 Å². The van der Waals surface area contributed by atoms with Gasteiger partial charge in [-0.05, 0) is 47.5 Å². The summed E-state index contributed by atoms with van der Waals surface area (Å²) in [6.45, 7) is 0. The Bertz CT molecular complexity index is 730. The smallest absolute Gasteiger partial charge is 0.0992 e. The van der Waals surface area contributed by atoms with Gasteiger partial charge in [-0.1, -0.05) is 0 Å². The molecule has 0 spiro atoms. The number of hydrogen-bond donors (Lipinski definition) is 0. The zero-order valence-corrected chi connectivity index (χ0v) is 10.8. The molecule has 2 aromatic carbocycles. The molecule has 2 aromatic rings. The van der Waals surface area contributed by atoms with E-state index < -0.39 is 0 Å². The molecule has 0 aliphatic heterocycles. The molecule has 0 N–H and O–H groups in total. The van der Waals surface area contributed by atoms with Gasteiger partial charge < -0.3 is 0 Å². The Kier molecular flexibility index (Phi) is 3.97. The third-order valence-electron chi connectivity index (χ3n) is 2.76. The highest BCUT2D eigenvalue weighted by atomic mass is 14.3. The van der Waals surface area contributed by atoms with Crippen LogP contribution in [0.2, 0.25) is 0 Å². The van der Waals surface area contributed by atoms with Crippen LogP contribution < -0.4 is 0 Å². The second kappa shape index (κ2) is 6.03. The second-order valence-electron chi connectivity index (χ2n) is 4.28. The number of nitriles is 4. The minimum absolute atomic E-state index is 0.386. The molecule has 0 saturated carbocycles. The average Bonchev–Trinajstić information content (AvgIpc) is 2.53. The Hall–Kier alpha value is -3.60. The Balaban J connectivity index is 2.44. The zero-order valence-electron chi connectivity index (χ0n) is 10.8. The third kappa shape index (κ3) is 3.24. The maximum absolute atomic E-state index is 8.95. The summed E-state index contributed by atoms with van der Waals surface area (Å²) in [6.07, 6.45) is 1.73. The molecular weight excluding hydrogens is 260 g/mol. The lowest BCUT2D eigenvalue weighted by Gasteiger charge is -2.04. The quantitative estimate of drug-likeness (QED) is 0.835. The van der Waals surface area contributed by atoms with Crippen LogP contribution in [-0.4, -0.2) is 0 Å². The van der Waals surface area contributed by atoms with Crippen LogP contribution in [0.4, 0.5) is 0 Å². The second-order valence-corrected chi connectivity index (χ2v) is 4.28. The molecule has 0 fully saturated rings. The van der Waals surface area contributed by atoms with Gasteiger partial charge in [0.1, 0.15) is 0 Å². The molecule has 0 bridgehead atoms. The van der Waals surface area contributed by atoms with E-state index in [1.807, 2.05) is 24.3 Å². The SMILES string of the molecule is N#Cc1cc(C#N)cc([CH]c2cc(C#N)cc(C#N)c2)c1. The minimum Gasteiger partial charge on any atom is -0.192 e. The van der Waals surface area contributed by atoms with Gasteiger partial charge in [-0.15, -0.1) is 0 Å². The van der Waals surface area contributed by atoms with Crippen molar-refractivity contribution < 1.29 is 0 Å². The molecule has 95 valence electrons. The molecule has 0 heterocycles. The fourth-order valence-electron chi connectivity index (χ4n) is 1.92. The summed E-state index contributed by atoms with van der Waals surface area (Å²) in [4.78, 5) is 0. The first kappa shape index (κ1) is 13.8. The lowest BCUT2D eigenvalue weighted by molar-refractivity contribution is 1.36. The summed E-state index contributed by atoms with van der Waals surface area (Å²) in [6, 6.07) is 17.6. The van der Waals surface area contributed by atoms with Crippen molar-refractivity contribution in [3.63, 3.8) is 0 Å². The summed E-state index contributed by atoms with van der Waals surface area (Å²) in [5.74, 6) is 0. The van der Waals surface area contributed by atoms with Gasteiger partial charge in [0, 0.05) is 6.42 Å². The summed E-state index contributed by atoms with van der Waals surface area (Å²) in [5.41, 5.74) is 2.89. The molecule has 0 aliphatic carbocycles. The number of rotatable bonds is 2. The Morgan fingerprint density at radius 2 is 0.810 bits per heavy atom. The predicted octanol–water partition coefficient (Wildman–Crippen LogP) is 2.77. The first-order valence-electron chi connectivity index (χ1n) is 5.94. The van der Waals surface area contributed by atoms with Crippen molar-refractivity contribution in [2.45, 2.75) is 0 Å². The molecule has 4 heteroatoms. The van der Waals surface area contributed by atoms with Crippen molar-refractivity contribution in [1.82, 2.24) is 0 Å². The van der Waals surface area contributed by atoms with E-state index in [0.717, 1.165) is 0 Å². The van der Waals surface area contributed by atoms with Gasteiger partial charge in [-0.25, -0.2) is 0 Å². The van der Waals surface area contributed by atoms with E-state index in [1.54, 1.807) is 30.7 Å². The summed E-state index contributed by atoms with van der Waals surface area (Å²) in [7, 11) is 0. The average molecular weight is 267 g/mol. The number of benzene rings is 2. The van der Waals surface area contributed by atoms with Crippen molar-refractivity contribution in [3.05, 3.63) is 76.2 Å². The number of hydrogen-bond acceptors (Lipinski definition) is 4. The van der Waals surface area contributed by atoms with Gasteiger partial charge in [-0.2, -0.15) is 21.0 Å². The van der Waals surface area contributed by atoms with Crippen molar-refractivity contribution in [1.29, 1.82) is 21.0 Å². The van der Waals surface area contributed by atoms with Crippen LogP contribution >= 0.6 is 0 Å². The van der Waals surface area contributed by atoms with Crippen LogP contribution in [0.3, 0.4) is 0 Å². The summed E-state index contributed by atoms with van der Waals surface area (Å²) < 4.78 is 0. The van der Waals surface area contributed by atoms with E-state index in [9.17, 15) is 0 Å². The van der Waals surface area contributed by atoms with Crippen molar-refractivity contribution in [2.75, 3.05) is 0 Å². The van der Waals surface area contributed by atoms with E-state index in [1.165, 1.54) is 12.1 Å². The molecule has 0 aromatic heterocycles. The summed E-state index contributed by atoms with van der Waals surface area (Å²) >= 11 is 0. The molecule has 0 saturated heterocycles. The monoisotopic (exact) mass is 267 g/mol. The lowest BCUT2D eigenvalue weighted by Crippen LogP contribution is -1.91. The first-order valence-corrected chi connectivity index (χ1v) is 5.94. The van der Waals surface area contributed by atoms with Crippen molar-refractivity contribution in [3.8, 4) is 24.3 Å². The molecule has 1 radical (unpaired) electrons. The predicted molar refractivity (Wildman–Crippen MR) is 74.2 cm³/mol. The summed E-state index contributed by atoms with van der Waals surface area (Å²) in [5, 5.41) is 35.8. The maximum Gasteiger partial charge on any atom is 0.0992 e. The van der Waals surface area contributed by atoms with Gasteiger partial charge in [0.05, 0.1) is 46.5 Å². The van der Waals surface area contributed by atoms with E-state index in [2.05, 4.69) is 0 Å². The zero-order chi connectivity index (χ0) is 15.2. The van der Waals surface area contributed by atoms with Crippen LogP contribution in [0, 0.1) is 51.7 Å². The van der Waals surface area contributed by atoms with Gasteiger partial charge in [0.2, 0.25) is 0 Å². The van der Waals surface area contributed by atoms with Gasteiger partial charge >= 0.3 is 0 Å². The lowest BCUT2D eigenvalue weighted by atomic mass is 9.98. The molecule has 2 rings (SSSR count). The fourth-order valence-corrected chi connectivity index (χ4v) is 1.92. The largest absolute Gasteiger partial charge is 0.192 e. The molecule has 4 nitrogen and oxygen atoms in total. The van der Waals surface area contributed by atoms with Crippen molar-refractivity contribution in [2.24, 2.45) is 0 Å². The first-order chi connectivity index (χ1) is 10.2. The van der Waals surface area contributed by atoms with Crippen LogP contribution in [0.1, 0.15) is 33.4 Å². The van der Waals surface area contributed by atoms with E-state index >= 15 is 0 Å². The molecule has 0 atom stereocenters. The van der Waals surface area contributed by atoms with Gasteiger partial charge in [-0.3, -0.25) is 0 Å². The highest BCUT2D eigenvalue weighted by Gasteiger charge is 2.05. The molecular formula is C17H7N4. The molecule has 21 heavy (non-hydrogen) atoms. The highest BCUT2D eigenvalue weighted by Crippen LogP contribution is 2.18. The third-order valence-corrected chi connectivity index (χ3v) is 2.76. The number of nitrogens with zero attached hydrogens (tertiary/aromatic N) is 4. The fraction of sp³-hybridized carbons (Fsp3) is 0. The topological polar surface area (TPSA) is 95.2 Å². The van der Waals surface area contributed by atoms with Crippen LogP contribution in [0.25, 0.3) is 0 Å². The molecule has 0 unspecified atom stereocenters. The maximum atomic E-state index is 8.95. The van der Waals surface area contributed by atoms with E-state index in [0.29, 0.717) is 33.4 Å². The van der Waals surface area contributed by atoms with Crippen molar-refractivity contribution >= 4 is 0 Å². The Labute approximate surface area is 122 Å². The van der Waals surface area contributed by atoms with E-state index in [-0.39, 0.29) is 0 Å². The minimum atomic E-state index is 0.386. The van der Waals surface area contributed by atoms with E-state index in [4.69, 9.17) is 21.0 Å². The van der Waals surface area contributed by atoms with Gasteiger partial charge in [0.15, 0.2) is 0 Å². The normalized spacial score (nSPS) is 8.95. The highest BCUT2D eigenvalue weighted by molar-refractivity contribution is 5.51. The molecule has 0 amide bonds. The van der Waals surface area contributed by atoms with Crippen LogP contribution in [-0.2, 0) is 0 Å². The van der Waals surface area contributed by atoms with Crippen LogP contribution in [0.15, 0.2) is 36.4 Å². The Morgan fingerprint density at radius 3 is 1.05 bits per heavy atom. The van der Waals surface area contributed by atoms with Crippen LogP contribution in [0.5, 0.6) is 0 Å². The Morgan fingerprint density at radius 1 is 0.524 bits per heavy atom. The standard InChI is InChI=1S/C17H7N4/c18-8-14-2-12(3-15(6-14)9-19)1-13-4-16(10-20)7-17(5-13)11-21/h1-7H.